The Hall–Kier alpha value is -1.99. The lowest BCUT2D eigenvalue weighted by molar-refractivity contribution is -0.124. The number of benzene rings is 1. The topological polar surface area (TPSA) is 81.4 Å². The Bertz CT molecular complexity index is 696. The summed E-state index contributed by atoms with van der Waals surface area (Å²) in [5.41, 5.74) is 0.707. The number of hydrogen-bond donors (Lipinski definition) is 1. The van der Waals surface area contributed by atoms with Crippen molar-refractivity contribution in [3.8, 4) is 0 Å². The zero-order valence-corrected chi connectivity index (χ0v) is 14.9. The quantitative estimate of drug-likeness (QED) is 0.459. The smallest absolute Gasteiger partial charge is 0.344 e. The molecule has 0 unspecified atom stereocenters. The van der Waals surface area contributed by atoms with Crippen molar-refractivity contribution in [2.75, 3.05) is 18.9 Å². The third-order valence-electron chi connectivity index (χ3n) is 3.08. The summed E-state index contributed by atoms with van der Waals surface area (Å²) in [6, 6.07) is 7.47. The first-order valence-electron chi connectivity index (χ1n) is 7.22. The van der Waals surface area contributed by atoms with Gasteiger partial charge in [0.2, 0.25) is 0 Å². The standard InChI is InChI=1S/C16H17ClN2O4S/c1-10-15(11(2)23-19-10)16(21)22-9-14(20)18-7-8-24-13-5-3-12(17)4-6-13/h3-6H,7-9H2,1-2H3,(H,18,20). The van der Waals surface area contributed by atoms with Gasteiger partial charge in [-0.3, -0.25) is 4.79 Å². The first kappa shape index (κ1) is 18.4. The van der Waals surface area contributed by atoms with Gasteiger partial charge in [-0.2, -0.15) is 0 Å². The van der Waals surface area contributed by atoms with E-state index in [4.69, 9.17) is 20.9 Å². The van der Waals surface area contributed by atoms with Crippen LogP contribution in [-0.2, 0) is 9.53 Å². The van der Waals surface area contributed by atoms with E-state index in [1.54, 1.807) is 25.6 Å². The minimum atomic E-state index is -0.614. The predicted octanol–water partition coefficient (Wildman–Crippen LogP) is 3.01. The molecule has 2 aromatic rings. The number of nitrogens with one attached hydrogen (secondary N) is 1. The number of aryl methyl sites for hydroxylation is 2. The predicted molar refractivity (Wildman–Crippen MR) is 91.4 cm³/mol. The number of hydrogen-bond acceptors (Lipinski definition) is 6. The van der Waals surface area contributed by atoms with Crippen molar-refractivity contribution in [2.24, 2.45) is 0 Å². The van der Waals surface area contributed by atoms with E-state index in [0.717, 1.165) is 4.90 Å². The Balaban J connectivity index is 1.66. The maximum absolute atomic E-state index is 11.9. The summed E-state index contributed by atoms with van der Waals surface area (Å²) in [6.07, 6.45) is 0. The molecular formula is C16H17ClN2O4S. The van der Waals surface area contributed by atoms with E-state index >= 15 is 0 Å². The van der Waals surface area contributed by atoms with Gasteiger partial charge in [0.15, 0.2) is 6.61 Å². The highest BCUT2D eigenvalue weighted by Gasteiger charge is 2.19. The van der Waals surface area contributed by atoms with Crippen molar-refractivity contribution < 1.29 is 18.8 Å². The Kier molecular flexibility index (Phi) is 6.69. The molecule has 0 fully saturated rings. The zero-order chi connectivity index (χ0) is 17.5. The van der Waals surface area contributed by atoms with Crippen molar-refractivity contribution >= 4 is 35.2 Å². The first-order valence-corrected chi connectivity index (χ1v) is 8.59. The third-order valence-corrected chi connectivity index (χ3v) is 4.34. The molecule has 0 bridgehead atoms. The Morgan fingerprint density at radius 3 is 2.62 bits per heavy atom. The van der Waals surface area contributed by atoms with Crippen molar-refractivity contribution in [3.63, 3.8) is 0 Å². The van der Waals surface area contributed by atoms with Crippen molar-refractivity contribution in [1.82, 2.24) is 10.5 Å². The number of rotatable bonds is 7. The number of carbonyl (C=O) groups is 2. The first-order chi connectivity index (χ1) is 11.5. The molecule has 0 aliphatic rings. The fourth-order valence-corrected chi connectivity index (χ4v) is 2.81. The van der Waals surface area contributed by atoms with Gasteiger partial charge >= 0.3 is 5.97 Å². The van der Waals surface area contributed by atoms with Crippen LogP contribution in [0.1, 0.15) is 21.8 Å². The molecular weight excluding hydrogens is 352 g/mol. The van der Waals surface area contributed by atoms with Gasteiger partial charge in [0.05, 0.1) is 5.69 Å². The molecule has 1 amide bonds. The molecule has 0 radical (unpaired) electrons. The van der Waals surface area contributed by atoms with E-state index in [1.165, 1.54) is 0 Å². The number of nitrogens with zero attached hydrogens (tertiary/aromatic N) is 1. The molecule has 0 aliphatic heterocycles. The molecule has 0 spiro atoms. The third kappa shape index (κ3) is 5.28. The van der Waals surface area contributed by atoms with Gasteiger partial charge < -0.3 is 14.6 Å². The zero-order valence-electron chi connectivity index (χ0n) is 13.3. The molecule has 8 heteroatoms. The van der Waals surface area contributed by atoms with E-state index in [1.807, 2.05) is 24.3 Å². The summed E-state index contributed by atoms with van der Waals surface area (Å²) >= 11 is 7.41. The average molecular weight is 369 g/mol. The fourth-order valence-electron chi connectivity index (χ4n) is 1.92. The number of ether oxygens (including phenoxy) is 1. The molecule has 0 atom stereocenters. The normalized spacial score (nSPS) is 10.5. The van der Waals surface area contributed by atoms with E-state index in [9.17, 15) is 9.59 Å². The highest BCUT2D eigenvalue weighted by atomic mass is 35.5. The SMILES string of the molecule is Cc1noc(C)c1C(=O)OCC(=O)NCCSc1ccc(Cl)cc1. The number of thioether (sulfide) groups is 1. The van der Waals surface area contributed by atoms with Crippen LogP contribution >= 0.6 is 23.4 Å². The van der Waals surface area contributed by atoms with Gasteiger partial charge in [-0.1, -0.05) is 16.8 Å². The second-order valence-electron chi connectivity index (χ2n) is 4.93. The van der Waals surface area contributed by atoms with Crippen molar-refractivity contribution in [2.45, 2.75) is 18.7 Å². The van der Waals surface area contributed by atoms with Gasteiger partial charge in [-0.15, -0.1) is 11.8 Å². The minimum Gasteiger partial charge on any atom is -0.452 e. The second kappa shape index (κ2) is 8.75. The van der Waals surface area contributed by atoms with E-state index < -0.39 is 5.97 Å². The number of carbonyl (C=O) groups excluding carboxylic acids is 2. The summed E-state index contributed by atoms with van der Waals surface area (Å²) in [5.74, 6) is 0.103. The number of esters is 1. The maximum atomic E-state index is 11.9. The fraction of sp³-hybridized carbons (Fsp3) is 0.312. The molecule has 0 saturated carbocycles. The molecule has 24 heavy (non-hydrogen) atoms. The largest absolute Gasteiger partial charge is 0.452 e. The number of aromatic nitrogens is 1. The van der Waals surface area contributed by atoms with Crippen molar-refractivity contribution in [3.05, 3.63) is 46.3 Å². The molecule has 1 heterocycles. The number of amides is 1. The lowest BCUT2D eigenvalue weighted by atomic mass is 10.2. The molecule has 0 aliphatic carbocycles. The highest BCUT2D eigenvalue weighted by molar-refractivity contribution is 7.99. The van der Waals surface area contributed by atoms with E-state index in [-0.39, 0.29) is 18.1 Å². The van der Waals surface area contributed by atoms with Crippen LogP contribution in [0, 0.1) is 13.8 Å². The second-order valence-corrected chi connectivity index (χ2v) is 6.53. The van der Waals surface area contributed by atoms with Crippen LogP contribution in [0.3, 0.4) is 0 Å². The molecule has 0 saturated heterocycles. The maximum Gasteiger partial charge on any atom is 0.344 e. The summed E-state index contributed by atoms with van der Waals surface area (Å²) < 4.78 is 9.86. The van der Waals surface area contributed by atoms with E-state index in [0.29, 0.717) is 28.8 Å². The van der Waals surface area contributed by atoms with E-state index in [2.05, 4.69) is 10.5 Å². The Labute approximate surface area is 148 Å². The molecule has 128 valence electrons. The van der Waals surface area contributed by atoms with Crippen LogP contribution < -0.4 is 5.32 Å². The van der Waals surface area contributed by atoms with Gasteiger partial charge in [0.1, 0.15) is 11.3 Å². The van der Waals surface area contributed by atoms with Gasteiger partial charge in [-0.05, 0) is 38.1 Å². The monoisotopic (exact) mass is 368 g/mol. The summed E-state index contributed by atoms with van der Waals surface area (Å²) in [7, 11) is 0. The van der Waals surface area contributed by atoms with Crippen LogP contribution in [0.25, 0.3) is 0 Å². The van der Waals surface area contributed by atoms with Gasteiger partial charge in [-0.25, -0.2) is 4.79 Å². The molecule has 1 N–H and O–H groups in total. The van der Waals surface area contributed by atoms with Crippen LogP contribution in [0.5, 0.6) is 0 Å². The molecule has 1 aromatic heterocycles. The Morgan fingerprint density at radius 2 is 2.00 bits per heavy atom. The average Bonchev–Trinajstić information content (AvgIpc) is 2.90. The van der Waals surface area contributed by atoms with Crippen LogP contribution in [-0.4, -0.2) is 35.9 Å². The van der Waals surface area contributed by atoms with Crippen molar-refractivity contribution in [1.29, 1.82) is 0 Å². The molecule has 1 aromatic carbocycles. The summed E-state index contributed by atoms with van der Waals surface area (Å²) in [5, 5.41) is 7.05. The van der Waals surface area contributed by atoms with Crippen LogP contribution in [0.15, 0.2) is 33.7 Å². The minimum absolute atomic E-state index is 0.265. The summed E-state index contributed by atoms with van der Waals surface area (Å²) in [6.45, 7) is 3.38. The van der Waals surface area contributed by atoms with Gasteiger partial charge in [0, 0.05) is 22.2 Å². The summed E-state index contributed by atoms with van der Waals surface area (Å²) in [4.78, 5) is 24.6. The van der Waals surface area contributed by atoms with Crippen LogP contribution in [0.2, 0.25) is 5.02 Å². The van der Waals surface area contributed by atoms with Crippen LogP contribution in [0.4, 0.5) is 0 Å². The lowest BCUT2D eigenvalue weighted by Gasteiger charge is -2.06. The Morgan fingerprint density at radius 1 is 1.29 bits per heavy atom. The lowest BCUT2D eigenvalue weighted by Crippen LogP contribution is -2.30. The number of halogens is 1. The molecule has 6 nitrogen and oxygen atoms in total. The van der Waals surface area contributed by atoms with Gasteiger partial charge in [0.25, 0.3) is 5.91 Å². The molecule has 2 rings (SSSR count). The highest BCUT2D eigenvalue weighted by Crippen LogP contribution is 2.19.